The molecule has 166 valence electrons. The highest BCUT2D eigenvalue weighted by Gasteiger charge is 2.52. The number of pyridine rings is 1. The minimum absolute atomic E-state index is 0.213. The lowest BCUT2D eigenvalue weighted by Gasteiger charge is -2.30. The average molecular weight is 455 g/mol. The summed E-state index contributed by atoms with van der Waals surface area (Å²) in [4.78, 5) is 54.9. The van der Waals surface area contributed by atoms with Crippen LogP contribution in [-0.4, -0.2) is 46.0 Å². The second-order valence-electron chi connectivity index (χ2n) is 7.60. The zero-order chi connectivity index (χ0) is 22.6. The standard InChI is InChI=1S/C22H22N4O5S/c27-17(25-26-20(29)22(24-21(26)30)11-5-2-6-12-22)14-31-19(28)16-10-7-13-23-18(16)32-15-8-3-1-4-9-15/h1,3-4,7-10,13H,2,5-6,11-12,14H2,(H,24,30)(H,25,27). The molecular weight excluding hydrogens is 432 g/mol. The summed E-state index contributed by atoms with van der Waals surface area (Å²) in [5.74, 6) is -1.99. The Morgan fingerprint density at radius 1 is 1.09 bits per heavy atom. The number of urea groups is 1. The van der Waals surface area contributed by atoms with E-state index >= 15 is 0 Å². The van der Waals surface area contributed by atoms with Crippen molar-refractivity contribution in [2.75, 3.05) is 6.61 Å². The third kappa shape index (κ3) is 4.59. The third-order valence-electron chi connectivity index (χ3n) is 5.39. The molecule has 1 aliphatic heterocycles. The largest absolute Gasteiger partial charge is 0.452 e. The zero-order valence-electron chi connectivity index (χ0n) is 17.2. The normalized spacial score (nSPS) is 17.2. The summed E-state index contributed by atoms with van der Waals surface area (Å²) in [7, 11) is 0. The van der Waals surface area contributed by atoms with Crippen LogP contribution in [0.1, 0.15) is 42.5 Å². The monoisotopic (exact) mass is 454 g/mol. The van der Waals surface area contributed by atoms with Crippen molar-refractivity contribution in [1.82, 2.24) is 20.7 Å². The summed E-state index contributed by atoms with van der Waals surface area (Å²) < 4.78 is 5.11. The van der Waals surface area contributed by atoms with Crippen LogP contribution in [0.3, 0.4) is 0 Å². The molecule has 1 saturated heterocycles. The maximum atomic E-state index is 12.7. The minimum Gasteiger partial charge on any atom is -0.452 e. The quantitative estimate of drug-likeness (QED) is 0.509. The smallest absolute Gasteiger partial charge is 0.344 e. The molecule has 1 aromatic carbocycles. The van der Waals surface area contributed by atoms with Gasteiger partial charge in [0, 0.05) is 11.1 Å². The molecule has 1 spiro atoms. The number of esters is 1. The molecule has 2 N–H and O–H groups in total. The van der Waals surface area contributed by atoms with Gasteiger partial charge in [-0.2, -0.15) is 5.01 Å². The first-order valence-corrected chi connectivity index (χ1v) is 11.1. The Balaban J connectivity index is 1.35. The molecule has 2 heterocycles. The lowest BCUT2D eigenvalue weighted by molar-refractivity contribution is -0.140. The van der Waals surface area contributed by atoms with Crippen LogP contribution in [0.15, 0.2) is 58.6 Å². The second kappa shape index (κ2) is 9.39. The molecule has 1 aromatic heterocycles. The Morgan fingerprint density at radius 2 is 1.84 bits per heavy atom. The van der Waals surface area contributed by atoms with Crippen LogP contribution in [0.25, 0.3) is 0 Å². The number of hydrogen-bond acceptors (Lipinski definition) is 7. The van der Waals surface area contributed by atoms with Crippen LogP contribution in [0.5, 0.6) is 0 Å². The molecule has 4 rings (SSSR count). The van der Waals surface area contributed by atoms with Crippen molar-refractivity contribution in [3.63, 3.8) is 0 Å². The Labute approximate surface area is 188 Å². The molecule has 0 radical (unpaired) electrons. The van der Waals surface area contributed by atoms with Crippen LogP contribution in [-0.2, 0) is 14.3 Å². The predicted octanol–water partition coefficient (Wildman–Crippen LogP) is 2.68. The zero-order valence-corrected chi connectivity index (χ0v) is 18.0. The van der Waals surface area contributed by atoms with E-state index in [0.29, 0.717) is 22.9 Å². The molecule has 2 aromatic rings. The van der Waals surface area contributed by atoms with E-state index in [-0.39, 0.29) is 5.56 Å². The van der Waals surface area contributed by atoms with Gasteiger partial charge < -0.3 is 10.1 Å². The minimum atomic E-state index is -0.946. The molecule has 0 unspecified atom stereocenters. The summed E-state index contributed by atoms with van der Waals surface area (Å²) >= 11 is 1.30. The van der Waals surface area contributed by atoms with Gasteiger partial charge in [-0.25, -0.2) is 14.6 Å². The molecule has 1 saturated carbocycles. The van der Waals surface area contributed by atoms with E-state index in [0.717, 1.165) is 24.2 Å². The number of hydrazine groups is 1. The Hall–Kier alpha value is -3.40. The number of imide groups is 1. The van der Waals surface area contributed by atoms with E-state index < -0.39 is 36.0 Å². The fraction of sp³-hybridized carbons (Fsp3) is 0.318. The van der Waals surface area contributed by atoms with Gasteiger partial charge in [0.2, 0.25) is 0 Å². The van der Waals surface area contributed by atoms with Gasteiger partial charge >= 0.3 is 12.0 Å². The van der Waals surface area contributed by atoms with E-state index in [2.05, 4.69) is 15.7 Å². The van der Waals surface area contributed by atoms with Crippen molar-refractivity contribution in [1.29, 1.82) is 0 Å². The molecule has 1 aliphatic carbocycles. The number of carbonyl (C=O) groups excluding carboxylic acids is 4. The first-order chi connectivity index (χ1) is 15.5. The Kier molecular flexibility index (Phi) is 6.40. The van der Waals surface area contributed by atoms with Crippen LogP contribution in [0.4, 0.5) is 4.79 Å². The van der Waals surface area contributed by atoms with E-state index in [1.54, 1.807) is 18.3 Å². The van der Waals surface area contributed by atoms with Gasteiger partial charge in [-0.3, -0.25) is 15.0 Å². The van der Waals surface area contributed by atoms with E-state index in [4.69, 9.17) is 4.74 Å². The van der Waals surface area contributed by atoms with Crippen molar-refractivity contribution < 1.29 is 23.9 Å². The highest BCUT2D eigenvalue weighted by Crippen LogP contribution is 2.33. The number of nitrogens with zero attached hydrogens (tertiary/aromatic N) is 2. The number of nitrogens with one attached hydrogen (secondary N) is 2. The number of benzene rings is 1. The lowest BCUT2D eigenvalue weighted by Crippen LogP contribution is -2.51. The van der Waals surface area contributed by atoms with Crippen molar-refractivity contribution >= 4 is 35.6 Å². The molecule has 2 fully saturated rings. The van der Waals surface area contributed by atoms with Gasteiger partial charge in [-0.15, -0.1) is 0 Å². The van der Waals surface area contributed by atoms with Gasteiger partial charge in [-0.05, 0) is 37.1 Å². The highest BCUT2D eigenvalue weighted by molar-refractivity contribution is 7.99. The summed E-state index contributed by atoms with van der Waals surface area (Å²) in [6.07, 6.45) is 5.32. The number of rotatable bonds is 6. The van der Waals surface area contributed by atoms with Gasteiger partial charge in [0.15, 0.2) is 6.61 Å². The van der Waals surface area contributed by atoms with Gasteiger partial charge in [0.05, 0.1) is 5.56 Å². The summed E-state index contributed by atoms with van der Waals surface area (Å²) in [5, 5.41) is 3.82. The first kappa shape index (κ1) is 21.8. The first-order valence-electron chi connectivity index (χ1n) is 10.3. The van der Waals surface area contributed by atoms with Crippen molar-refractivity contribution in [2.24, 2.45) is 0 Å². The average Bonchev–Trinajstić information content (AvgIpc) is 3.02. The predicted molar refractivity (Wildman–Crippen MR) is 114 cm³/mol. The van der Waals surface area contributed by atoms with Crippen molar-refractivity contribution in [3.8, 4) is 0 Å². The molecular formula is C22H22N4O5S. The molecule has 0 bridgehead atoms. The van der Waals surface area contributed by atoms with E-state index in [1.165, 1.54) is 11.8 Å². The third-order valence-corrected chi connectivity index (χ3v) is 6.42. The SMILES string of the molecule is O=C(COC(=O)c1cccnc1Sc1ccccc1)NN1C(=O)NC2(CCCCC2)C1=O. The fourth-order valence-corrected chi connectivity index (χ4v) is 4.70. The Morgan fingerprint density at radius 3 is 2.59 bits per heavy atom. The molecule has 9 nitrogen and oxygen atoms in total. The molecule has 4 amide bonds. The van der Waals surface area contributed by atoms with Crippen LogP contribution >= 0.6 is 11.8 Å². The number of carbonyl (C=O) groups is 4. The molecule has 0 atom stereocenters. The molecule has 10 heteroatoms. The lowest BCUT2D eigenvalue weighted by atomic mass is 9.82. The summed E-state index contributed by atoms with van der Waals surface area (Å²) in [6, 6.07) is 11.9. The van der Waals surface area contributed by atoms with Crippen LogP contribution in [0, 0.1) is 0 Å². The highest BCUT2D eigenvalue weighted by atomic mass is 32.2. The summed E-state index contributed by atoms with van der Waals surface area (Å²) in [6.45, 7) is -0.646. The topological polar surface area (TPSA) is 118 Å². The van der Waals surface area contributed by atoms with Crippen LogP contribution < -0.4 is 10.7 Å². The van der Waals surface area contributed by atoms with E-state index in [1.807, 2.05) is 30.3 Å². The fourth-order valence-electron chi connectivity index (χ4n) is 3.81. The van der Waals surface area contributed by atoms with Gasteiger partial charge in [-0.1, -0.05) is 49.2 Å². The number of aromatic nitrogens is 1. The number of amides is 4. The van der Waals surface area contributed by atoms with Crippen molar-refractivity contribution in [3.05, 3.63) is 54.2 Å². The number of hydrogen-bond donors (Lipinski definition) is 2. The Bertz CT molecular complexity index is 1040. The van der Waals surface area contributed by atoms with Gasteiger partial charge in [0.25, 0.3) is 11.8 Å². The van der Waals surface area contributed by atoms with Crippen LogP contribution in [0.2, 0.25) is 0 Å². The maximum absolute atomic E-state index is 12.7. The van der Waals surface area contributed by atoms with Crippen molar-refractivity contribution in [2.45, 2.75) is 47.6 Å². The summed E-state index contributed by atoms with van der Waals surface area (Å²) in [5.41, 5.74) is 1.51. The van der Waals surface area contributed by atoms with Gasteiger partial charge in [0.1, 0.15) is 10.6 Å². The maximum Gasteiger partial charge on any atom is 0.344 e. The molecule has 2 aliphatic rings. The second-order valence-corrected chi connectivity index (χ2v) is 8.66. The van der Waals surface area contributed by atoms with E-state index in [9.17, 15) is 19.2 Å². The molecule has 32 heavy (non-hydrogen) atoms. The number of ether oxygens (including phenoxy) is 1.